The Hall–Kier alpha value is -1.33. The Morgan fingerprint density at radius 3 is 2.81 bits per heavy atom. The van der Waals surface area contributed by atoms with Crippen LogP contribution in [0, 0.1) is 16.7 Å². The number of epoxide rings is 1. The van der Waals surface area contributed by atoms with Crippen LogP contribution in [0.4, 0.5) is 0 Å². The highest BCUT2D eigenvalue weighted by Gasteiger charge is 2.64. The first-order valence-electron chi connectivity index (χ1n) is 5.69. The summed E-state index contributed by atoms with van der Waals surface area (Å²) in [4.78, 5) is 0. The van der Waals surface area contributed by atoms with Crippen LogP contribution >= 0.6 is 0 Å². The highest BCUT2D eigenvalue weighted by atomic mass is 16.6. The van der Waals surface area contributed by atoms with Crippen LogP contribution in [-0.2, 0) is 11.2 Å². The van der Waals surface area contributed by atoms with E-state index in [9.17, 15) is 0 Å². The second-order valence-electron chi connectivity index (χ2n) is 5.69. The summed E-state index contributed by atoms with van der Waals surface area (Å²) < 4.78 is 5.90. The molecule has 2 atom stereocenters. The molecule has 2 heteroatoms. The molecule has 2 nitrogen and oxygen atoms in total. The van der Waals surface area contributed by atoms with Crippen molar-refractivity contribution in [1.29, 1.82) is 5.26 Å². The first-order chi connectivity index (χ1) is 7.48. The number of hydrogen-bond acceptors (Lipinski definition) is 2. The molecule has 0 radical (unpaired) electrons. The standard InChI is InChI=1S/C14H15NO/c1-13(2)7-10-5-4-9(8-15)6-11(10)12-14(13,3)16-12/h4-6,12H,7H2,1-3H3. The van der Waals surface area contributed by atoms with E-state index in [2.05, 4.69) is 32.9 Å². The third-order valence-corrected chi connectivity index (χ3v) is 4.34. The van der Waals surface area contributed by atoms with Crippen LogP contribution in [0.1, 0.15) is 43.6 Å². The van der Waals surface area contributed by atoms with Crippen molar-refractivity contribution in [1.82, 2.24) is 0 Å². The molecule has 82 valence electrons. The maximum atomic E-state index is 8.92. The van der Waals surface area contributed by atoms with Crippen molar-refractivity contribution in [3.63, 3.8) is 0 Å². The van der Waals surface area contributed by atoms with Gasteiger partial charge in [-0.15, -0.1) is 0 Å². The van der Waals surface area contributed by atoms with Gasteiger partial charge in [-0.2, -0.15) is 5.26 Å². The zero-order valence-electron chi connectivity index (χ0n) is 9.87. The zero-order chi connectivity index (χ0) is 11.6. The molecule has 1 aliphatic heterocycles. The topological polar surface area (TPSA) is 36.3 Å². The van der Waals surface area contributed by atoms with Crippen LogP contribution in [0.5, 0.6) is 0 Å². The molecule has 1 aromatic carbocycles. The maximum Gasteiger partial charge on any atom is 0.113 e. The van der Waals surface area contributed by atoms with Gasteiger partial charge in [-0.05, 0) is 36.6 Å². The lowest BCUT2D eigenvalue weighted by Crippen LogP contribution is -2.36. The third-order valence-electron chi connectivity index (χ3n) is 4.34. The maximum absolute atomic E-state index is 8.92. The lowest BCUT2D eigenvalue weighted by Gasteiger charge is -2.34. The minimum absolute atomic E-state index is 0.0337. The molecule has 2 aliphatic rings. The molecule has 0 saturated carbocycles. The lowest BCUT2D eigenvalue weighted by atomic mass is 9.67. The molecule has 3 rings (SSSR count). The highest BCUT2D eigenvalue weighted by molar-refractivity contribution is 5.46. The molecule has 1 fully saturated rings. The Balaban J connectivity index is 2.14. The molecule has 2 unspecified atom stereocenters. The lowest BCUT2D eigenvalue weighted by molar-refractivity contribution is 0.154. The van der Waals surface area contributed by atoms with Gasteiger partial charge in [0.2, 0.25) is 0 Å². The molecule has 16 heavy (non-hydrogen) atoms. The van der Waals surface area contributed by atoms with Crippen LogP contribution in [0.15, 0.2) is 18.2 Å². The minimum atomic E-state index is -0.0337. The molecule has 0 N–H and O–H groups in total. The average Bonchev–Trinajstić information content (AvgIpc) is 2.92. The second kappa shape index (κ2) is 2.67. The Labute approximate surface area is 95.8 Å². The number of fused-ring (bicyclic) bond motifs is 3. The zero-order valence-corrected chi connectivity index (χ0v) is 9.87. The van der Waals surface area contributed by atoms with Crippen LogP contribution < -0.4 is 0 Å². The Morgan fingerprint density at radius 2 is 2.12 bits per heavy atom. The van der Waals surface area contributed by atoms with Gasteiger partial charge in [-0.3, -0.25) is 0 Å². The molecule has 0 amide bonds. The smallest absolute Gasteiger partial charge is 0.113 e. The van der Waals surface area contributed by atoms with E-state index < -0.39 is 0 Å². The predicted octanol–water partition coefficient (Wildman–Crippen LogP) is 2.97. The minimum Gasteiger partial charge on any atom is -0.361 e. The van der Waals surface area contributed by atoms with E-state index in [0.717, 1.165) is 12.0 Å². The molecular weight excluding hydrogens is 198 g/mol. The molecule has 0 bridgehead atoms. The summed E-state index contributed by atoms with van der Waals surface area (Å²) in [5.74, 6) is 0. The van der Waals surface area contributed by atoms with Gasteiger partial charge in [-0.25, -0.2) is 0 Å². The van der Waals surface area contributed by atoms with Gasteiger partial charge < -0.3 is 4.74 Å². The van der Waals surface area contributed by atoms with Crippen LogP contribution in [0.3, 0.4) is 0 Å². The van der Waals surface area contributed by atoms with E-state index in [4.69, 9.17) is 10.00 Å². The van der Waals surface area contributed by atoms with Crippen LogP contribution in [-0.4, -0.2) is 5.60 Å². The fourth-order valence-electron chi connectivity index (χ4n) is 2.81. The monoisotopic (exact) mass is 213 g/mol. The van der Waals surface area contributed by atoms with Crippen molar-refractivity contribution < 1.29 is 4.74 Å². The SMILES string of the molecule is CC1(C)Cc2ccc(C#N)cc2C2OC21C. The van der Waals surface area contributed by atoms with E-state index in [-0.39, 0.29) is 17.1 Å². The molecular formula is C14H15NO. The molecule has 1 heterocycles. The van der Waals surface area contributed by atoms with Crippen LogP contribution in [0.2, 0.25) is 0 Å². The van der Waals surface area contributed by atoms with Gasteiger partial charge in [0, 0.05) is 5.41 Å². The molecule has 0 spiro atoms. The first kappa shape index (κ1) is 9.86. The molecule has 0 aromatic heterocycles. The van der Waals surface area contributed by atoms with Gasteiger partial charge >= 0.3 is 0 Å². The summed E-state index contributed by atoms with van der Waals surface area (Å²) in [7, 11) is 0. The normalized spacial score (nSPS) is 33.5. The largest absolute Gasteiger partial charge is 0.361 e. The Bertz CT molecular complexity index is 512. The quantitative estimate of drug-likeness (QED) is 0.621. The van der Waals surface area contributed by atoms with Gasteiger partial charge in [0.05, 0.1) is 11.6 Å². The number of nitrogens with zero attached hydrogens (tertiary/aromatic N) is 1. The van der Waals surface area contributed by atoms with Gasteiger partial charge in [0.15, 0.2) is 0 Å². The van der Waals surface area contributed by atoms with E-state index in [0.29, 0.717) is 0 Å². The number of ether oxygens (including phenoxy) is 1. The third kappa shape index (κ3) is 1.04. The van der Waals surface area contributed by atoms with Crippen molar-refractivity contribution in [2.24, 2.45) is 5.41 Å². The Morgan fingerprint density at radius 1 is 1.38 bits per heavy atom. The summed E-state index contributed by atoms with van der Waals surface area (Å²) in [6.45, 7) is 6.70. The van der Waals surface area contributed by atoms with Crippen molar-refractivity contribution in [2.75, 3.05) is 0 Å². The Kier molecular flexibility index (Phi) is 1.65. The average molecular weight is 213 g/mol. The van der Waals surface area contributed by atoms with E-state index >= 15 is 0 Å². The van der Waals surface area contributed by atoms with Crippen LogP contribution in [0.25, 0.3) is 0 Å². The van der Waals surface area contributed by atoms with Crippen molar-refractivity contribution in [3.05, 3.63) is 34.9 Å². The van der Waals surface area contributed by atoms with Gasteiger partial charge in [0.25, 0.3) is 0 Å². The summed E-state index contributed by atoms with van der Waals surface area (Å²) in [5, 5.41) is 8.92. The first-order valence-corrected chi connectivity index (χ1v) is 5.69. The number of nitriles is 1. The highest BCUT2D eigenvalue weighted by Crippen LogP contribution is 2.63. The predicted molar refractivity (Wildman–Crippen MR) is 60.9 cm³/mol. The summed E-state index contributed by atoms with van der Waals surface area (Å²) in [6, 6.07) is 8.16. The fraction of sp³-hybridized carbons (Fsp3) is 0.500. The summed E-state index contributed by atoms with van der Waals surface area (Å²) >= 11 is 0. The molecule has 1 aromatic rings. The number of benzene rings is 1. The van der Waals surface area contributed by atoms with Crippen molar-refractivity contribution >= 4 is 0 Å². The fourth-order valence-corrected chi connectivity index (χ4v) is 2.81. The second-order valence-corrected chi connectivity index (χ2v) is 5.69. The van der Waals surface area contributed by atoms with E-state index in [1.807, 2.05) is 12.1 Å². The van der Waals surface area contributed by atoms with E-state index in [1.165, 1.54) is 11.1 Å². The summed E-state index contributed by atoms with van der Waals surface area (Å²) in [5.41, 5.74) is 3.44. The van der Waals surface area contributed by atoms with Crippen molar-refractivity contribution in [3.8, 4) is 6.07 Å². The van der Waals surface area contributed by atoms with Crippen molar-refractivity contribution in [2.45, 2.75) is 38.9 Å². The van der Waals surface area contributed by atoms with Gasteiger partial charge in [-0.1, -0.05) is 19.9 Å². The molecule has 1 aliphatic carbocycles. The summed E-state index contributed by atoms with van der Waals surface area (Å²) in [6.07, 6.45) is 1.22. The van der Waals surface area contributed by atoms with E-state index in [1.54, 1.807) is 0 Å². The molecule has 1 saturated heterocycles. The number of rotatable bonds is 0. The van der Waals surface area contributed by atoms with Gasteiger partial charge in [0.1, 0.15) is 11.7 Å². The number of hydrogen-bond donors (Lipinski definition) is 0.